The van der Waals surface area contributed by atoms with Crippen LogP contribution in [0.1, 0.15) is 19.8 Å². The second kappa shape index (κ2) is 4.44. The molecule has 0 saturated carbocycles. The molecule has 2 unspecified atom stereocenters. The fourth-order valence-electron chi connectivity index (χ4n) is 1.73. The molecule has 12 heavy (non-hydrogen) atoms. The highest BCUT2D eigenvalue weighted by atomic mass is 16.3. The standard InChI is InChI=1S/C9H16N2O/c1-2-9(5-10)11-4-3-8(6-11)7-12/h8-9,12H,2-4,6-7H2,1H3. The molecule has 0 aromatic heterocycles. The molecule has 1 aliphatic rings. The van der Waals surface area contributed by atoms with Crippen molar-refractivity contribution in [3.05, 3.63) is 0 Å². The molecule has 2 atom stereocenters. The van der Waals surface area contributed by atoms with E-state index in [9.17, 15) is 0 Å². The van der Waals surface area contributed by atoms with Crippen LogP contribution < -0.4 is 0 Å². The first-order chi connectivity index (χ1) is 5.81. The second-order valence-electron chi connectivity index (χ2n) is 3.39. The number of hydrogen-bond donors (Lipinski definition) is 1. The lowest BCUT2D eigenvalue weighted by Gasteiger charge is -2.19. The first-order valence-electron chi connectivity index (χ1n) is 4.56. The van der Waals surface area contributed by atoms with Gasteiger partial charge < -0.3 is 5.11 Å². The molecule has 0 amide bonds. The van der Waals surface area contributed by atoms with Gasteiger partial charge in [0, 0.05) is 13.2 Å². The van der Waals surface area contributed by atoms with E-state index in [0.29, 0.717) is 5.92 Å². The molecule has 0 aliphatic carbocycles. The van der Waals surface area contributed by atoms with Crippen LogP contribution in [0.5, 0.6) is 0 Å². The van der Waals surface area contributed by atoms with Gasteiger partial charge in [-0.15, -0.1) is 0 Å². The van der Waals surface area contributed by atoms with E-state index in [-0.39, 0.29) is 12.6 Å². The smallest absolute Gasteiger partial charge is 0.0975 e. The molecule has 3 nitrogen and oxygen atoms in total. The third-order valence-electron chi connectivity index (χ3n) is 2.55. The van der Waals surface area contributed by atoms with Crippen LogP contribution in [0.2, 0.25) is 0 Å². The summed E-state index contributed by atoms with van der Waals surface area (Å²) in [6.07, 6.45) is 1.92. The maximum absolute atomic E-state index is 8.90. The molecular weight excluding hydrogens is 152 g/mol. The zero-order valence-electron chi connectivity index (χ0n) is 7.53. The highest BCUT2D eigenvalue weighted by molar-refractivity contribution is 4.93. The first-order valence-corrected chi connectivity index (χ1v) is 4.56. The van der Waals surface area contributed by atoms with Crippen LogP contribution in [-0.4, -0.2) is 35.7 Å². The number of nitrogens with zero attached hydrogens (tertiary/aromatic N) is 2. The predicted octanol–water partition coefficient (Wildman–Crippen LogP) is 0.603. The molecule has 1 fully saturated rings. The van der Waals surface area contributed by atoms with Gasteiger partial charge in [0.05, 0.1) is 12.1 Å². The van der Waals surface area contributed by atoms with Crippen LogP contribution in [0.4, 0.5) is 0 Å². The number of hydrogen-bond acceptors (Lipinski definition) is 3. The predicted molar refractivity (Wildman–Crippen MR) is 46.5 cm³/mol. The van der Waals surface area contributed by atoms with Crippen LogP contribution in [-0.2, 0) is 0 Å². The maximum atomic E-state index is 8.90. The normalized spacial score (nSPS) is 26.9. The van der Waals surface area contributed by atoms with Crippen molar-refractivity contribution in [3.63, 3.8) is 0 Å². The fraction of sp³-hybridized carbons (Fsp3) is 0.889. The summed E-state index contributed by atoms with van der Waals surface area (Å²) in [5, 5.41) is 17.7. The van der Waals surface area contributed by atoms with Gasteiger partial charge in [-0.1, -0.05) is 6.92 Å². The van der Waals surface area contributed by atoms with Crippen molar-refractivity contribution in [1.29, 1.82) is 5.26 Å². The Labute approximate surface area is 73.6 Å². The Morgan fingerprint density at radius 1 is 1.75 bits per heavy atom. The highest BCUT2D eigenvalue weighted by Crippen LogP contribution is 2.18. The van der Waals surface area contributed by atoms with E-state index in [1.54, 1.807) is 0 Å². The molecular formula is C9H16N2O. The minimum absolute atomic E-state index is 0.0570. The Balaban J connectivity index is 2.40. The zero-order valence-corrected chi connectivity index (χ0v) is 7.53. The lowest BCUT2D eigenvalue weighted by molar-refractivity contribution is 0.211. The largest absolute Gasteiger partial charge is 0.396 e. The summed E-state index contributed by atoms with van der Waals surface area (Å²) in [7, 11) is 0. The molecule has 1 aliphatic heterocycles. The van der Waals surface area contributed by atoms with Crippen molar-refractivity contribution in [2.45, 2.75) is 25.8 Å². The quantitative estimate of drug-likeness (QED) is 0.671. The summed E-state index contributed by atoms with van der Waals surface area (Å²) in [5.41, 5.74) is 0. The van der Waals surface area contributed by atoms with Gasteiger partial charge in [-0.3, -0.25) is 4.90 Å². The van der Waals surface area contributed by atoms with Gasteiger partial charge in [0.2, 0.25) is 0 Å². The molecule has 1 N–H and O–H groups in total. The van der Waals surface area contributed by atoms with E-state index in [1.807, 2.05) is 6.92 Å². The van der Waals surface area contributed by atoms with E-state index in [0.717, 1.165) is 25.9 Å². The van der Waals surface area contributed by atoms with E-state index in [1.165, 1.54) is 0 Å². The van der Waals surface area contributed by atoms with Gasteiger partial charge in [0.1, 0.15) is 0 Å². The third-order valence-corrected chi connectivity index (χ3v) is 2.55. The van der Waals surface area contributed by atoms with Crippen molar-refractivity contribution in [3.8, 4) is 6.07 Å². The molecule has 0 aromatic rings. The molecule has 68 valence electrons. The molecule has 1 saturated heterocycles. The van der Waals surface area contributed by atoms with Crippen LogP contribution in [0.25, 0.3) is 0 Å². The Morgan fingerprint density at radius 3 is 2.92 bits per heavy atom. The Morgan fingerprint density at radius 2 is 2.50 bits per heavy atom. The summed E-state index contributed by atoms with van der Waals surface area (Å²) in [6.45, 7) is 4.15. The number of likely N-dealkylation sites (tertiary alicyclic amines) is 1. The highest BCUT2D eigenvalue weighted by Gasteiger charge is 2.26. The molecule has 0 radical (unpaired) electrons. The van der Waals surface area contributed by atoms with Crippen LogP contribution in [0, 0.1) is 17.2 Å². The summed E-state index contributed by atoms with van der Waals surface area (Å²) in [6, 6.07) is 2.34. The Bertz CT molecular complexity index is 176. The minimum atomic E-state index is 0.0570. The SMILES string of the molecule is CCC(C#N)N1CCC(CO)C1. The monoisotopic (exact) mass is 168 g/mol. The average Bonchev–Trinajstić information content (AvgIpc) is 2.55. The Kier molecular flexibility index (Phi) is 3.51. The van der Waals surface area contributed by atoms with E-state index in [2.05, 4.69) is 11.0 Å². The fourth-order valence-corrected chi connectivity index (χ4v) is 1.73. The molecule has 1 heterocycles. The van der Waals surface area contributed by atoms with Crippen LogP contribution >= 0.6 is 0 Å². The lowest BCUT2D eigenvalue weighted by Crippen LogP contribution is -2.31. The minimum Gasteiger partial charge on any atom is -0.396 e. The first kappa shape index (κ1) is 9.50. The van der Waals surface area contributed by atoms with Gasteiger partial charge in [-0.2, -0.15) is 5.26 Å². The summed E-state index contributed by atoms with van der Waals surface area (Å²) < 4.78 is 0. The van der Waals surface area contributed by atoms with Crippen molar-refractivity contribution in [2.24, 2.45) is 5.92 Å². The van der Waals surface area contributed by atoms with E-state index < -0.39 is 0 Å². The Hall–Kier alpha value is -0.590. The summed E-state index contributed by atoms with van der Waals surface area (Å²) in [4.78, 5) is 2.17. The van der Waals surface area contributed by atoms with Crippen molar-refractivity contribution in [1.82, 2.24) is 4.90 Å². The van der Waals surface area contributed by atoms with E-state index >= 15 is 0 Å². The van der Waals surface area contributed by atoms with Gasteiger partial charge in [0.25, 0.3) is 0 Å². The third kappa shape index (κ3) is 1.96. The molecule has 1 rings (SSSR count). The van der Waals surface area contributed by atoms with Crippen LogP contribution in [0.15, 0.2) is 0 Å². The van der Waals surface area contributed by atoms with Crippen molar-refractivity contribution >= 4 is 0 Å². The van der Waals surface area contributed by atoms with Crippen molar-refractivity contribution in [2.75, 3.05) is 19.7 Å². The molecule has 0 spiro atoms. The van der Waals surface area contributed by atoms with Crippen molar-refractivity contribution < 1.29 is 5.11 Å². The van der Waals surface area contributed by atoms with E-state index in [4.69, 9.17) is 10.4 Å². The van der Waals surface area contributed by atoms with Gasteiger partial charge in [-0.25, -0.2) is 0 Å². The topological polar surface area (TPSA) is 47.3 Å². The summed E-state index contributed by atoms with van der Waals surface area (Å²) in [5.74, 6) is 0.396. The molecule has 0 aromatic carbocycles. The van der Waals surface area contributed by atoms with Gasteiger partial charge in [-0.05, 0) is 25.3 Å². The number of nitriles is 1. The van der Waals surface area contributed by atoms with Gasteiger partial charge >= 0.3 is 0 Å². The lowest BCUT2D eigenvalue weighted by atomic mass is 10.1. The maximum Gasteiger partial charge on any atom is 0.0975 e. The number of rotatable bonds is 3. The number of aliphatic hydroxyl groups excluding tert-OH is 1. The zero-order chi connectivity index (χ0) is 8.97. The molecule has 0 bridgehead atoms. The number of aliphatic hydroxyl groups is 1. The summed E-state index contributed by atoms with van der Waals surface area (Å²) >= 11 is 0. The second-order valence-corrected chi connectivity index (χ2v) is 3.39. The average molecular weight is 168 g/mol. The van der Waals surface area contributed by atoms with Gasteiger partial charge in [0.15, 0.2) is 0 Å². The van der Waals surface area contributed by atoms with Crippen LogP contribution in [0.3, 0.4) is 0 Å². The molecule has 3 heteroatoms.